The summed E-state index contributed by atoms with van der Waals surface area (Å²) in [4.78, 5) is 20.9. The molecule has 132 valence electrons. The highest BCUT2D eigenvalue weighted by atomic mass is 16.5. The molecule has 3 rings (SSSR count). The van der Waals surface area contributed by atoms with Crippen molar-refractivity contribution in [2.24, 2.45) is 0 Å². The van der Waals surface area contributed by atoms with Crippen molar-refractivity contribution in [2.45, 2.75) is 26.0 Å². The number of carbonyl (C=O) groups is 1. The Morgan fingerprint density at radius 1 is 1.12 bits per heavy atom. The minimum atomic E-state index is 0.0697. The summed E-state index contributed by atoms with van der Waals surface area (Å²) in [7, 11) is 2.11. The van der Waals surface area contributed by atoms with Crippen molar-refractivity contribution in [2.75, 3.05) is 26.7 Å². The number of pyridine rings is 1. The Hall–Kier alpha value is -2.40. The monoisotopic (exact) mass is 339 g/mol. The number of amides is 1. The molecule has 1 fully saturated rings. The zero-order valence-corrected chi connectivity index (χ0v) is 15.1. The van der Waals surface area contributed by atoms with E-state index >= 15 is 0 Å². The van der Waals surface area contributed by atoms with Crippen LogP contribution in [0.5, 0.6) is 5.75 Å². The summed E-state index contributed by atoms with van der Waals surface area (Å²) in [5.41, 5.74) is 1.89. The highest BCUT2D eigenvalue weighted by molar-refractivity contribution is 5.94. The van der Waals surface area contributed by atoms with Crippen molar-refractivity contribution in [3.63, 3.8) is 0 Å². The van der Waals surface area contributed by atoms with Gasteiger partial charge >= 0.3 is 0 Å². The maximum absolute atomic E-state index is 12.7. The van der Waals surface area contributed by atoms with Gasteiger partial charge in [0.05, 0.1) is 12.1 Å². The topological polar surface area (TPSA) is 45.7 Å². The van der Waals surface area contributed by atoms with E-state index in [9.17, 15) is 4.79 Å². The molecule has 5 nitrogen and oxygen atoms in total. The smallest absolute Gasteiger partial charge is 0.254 e. The van der Waals surface area contributed by atoms with Crippen LogP contribution in [0.1, 0.15) is 35.8 Å². The lowest BCUT2D eigenvalue weighted by Crippen LogP contribution is -2.49. The van der Waals surface area contributed by atoms with Gasteiger partial charge in [-0.05, 0) is 50.7 Å². The molecule has 1 aliphatic rings. The fraction of sp³-hybridized carbons (Fsp3) is 0.400. The van der Waals surface area contributed by atoms with Crippen LogP contribution < -0.4 is 4.74 Å². The second-order valence-electron chi connectivity index (χ2n) is 6.72. The average molecular weight is 339 g/mol. The van der Waals surface area contributed by atoms with Crippen LogP contribution >= 0.6 is 0 Å². The third-order valence-corrected chi connectivity index (χ3v) is 4.50. The molecule has 25 heavy (non-hydrogen) atoms. The summed E-state index contributed by atoms with van der Waals surface area (Å²) in [5, 5.41) is 0. The molecule has 2 aromatic rings. The van der Waals surface area contributed by atoms with Crippen molar-refractivity contribution in [3.05, 3.63) is 59.9 Å². The number of carbonyl (C=O) groups excluding carboxylic acids is 1. The Morgan fingerprint density at radius 2 is 1.80 bits per heavy atom. The third kappa shape index (κ3) is 4.17. The van der Waals surface area contributed by atoms with Gasteiger partial charge in [0.1, 0.15) is 5.75 Å². The van der Waals surface area contributed by atoms with E-state index < -0.39 is 0 Å². The highest BCUT2D eigenvalue weighted by Crippen LogP contribution is 2.26. The van der Waals surface area contributed by atoms with Gasteiger partial charge in [-0.1, -0.05) is 12.1 Å². The lowest BCUT2D eigenvalue weighted by Gasteiger charge is -2.39. The van der Waals surface area contributed by atoms with Crippen molar-refractivity contribution in [1.82, 2.24) is 14.8 Å². The number of rotatable bonds is 4. The molecule has 1 aliphatic heterocycles. The largest absolute Gasteiger partial charge is 0.491 e. The van der Waals surface area contributed by atoms with Crippen LogP contribution in [0.4, 0.5) is 0 Å². The molecular formula is C20H25N3O2. The fourth-order valence-electron chi connectivity index (χ4n) is 3.14. The van der Waals surface area contributed by atoms with Gasteiger partial charge in [-0.3, -0.25) is 14.7 Å². The molecule has 2 heterocycles. The van der Waals surface area contributed by atoms with Crippen molar-refractivity contribution < 1.29 is 9.53 Å². The summed E-state index contributed by atoms with van der Waals surface area (Å²) in [6.45, 7) is 6.31. The maximum atomic E-state index is 12.7. The first-order valence-electron chi connectivity index (χ1n) is 8.71. The molecule has 1 aromatic carbocycles. The molecule has 5 heteroatoms. The predicted molar refractivity (Wildman–Crippen MR) is 97.7 cm³/mol. The van der Waals surface area contributed by atoms with E-state index in [0.717, 1.165) is 18.8 Å². The molecule has 1 atom stereocenters. The Bertz CT molecular complexity index is 701. The van der Waals surface area contributed by atoms with Gasteiger partial charge in [0.25, 0.3) is 5.91 Å². The van der Waals surface area contributed by atoms with Crippen LogP contribution in [0, 0.1) is 0 Å². The van der Waals surface area contributed by atoms with Crippen LogP contribution in [0.25, 0.3) is 0 Å². The highest BCUT2D eigenvalue weighted by Gasteiger charge is 2.28. The molecule has 0 saturated carbocycles. The van der Waals surface area contributed by atoms with E-state index in [-0.39, 0.29) is 18.1 Å². The number of piperazine rings is 1. The van der Waals surface area contributed by atoms with E-state index in [2.05, 4.69) is 29.1 Å². The van der Waals surface area contributed by atoms with Crippen LogP contribution in [0.2, 0.25) is 0 Å². The minimum absolute atomic E-state index is 0.0697. The second-order valence-corrected chi connectivity index (χ2v) is 6.72. The average Bonchev–Trinajstić information content (AvgIpc) is 2.63. The molecule has 0 unspecified atom stereocenters. The standard InChI is InChI=1S/C20H25N3O2/c1-15(2)25-18-6-4-16(5-7-18)19-14-23(13-12-22(19)3)20(24)17-8-10-21-11-9-17/h4-11,15,19H,12-14H2,1-3H3/t19-/m1/s1. The Labute approximate surface area is 149 Å². The van der Waals surface area contributed by atoms with Gasteiger partial charge in [0.2, 0.25) is 0 Å². The minimum Gasteiger partial charge on any atom is -0.491 e. The molecule has 1 aromatic heterocycles. The number of benzene rings is 1. The number of likely N-dealkylation sites (N-methyl/N-ethyl adjacent to an activating group) is 1. The summed E-state index contributed by atoms with van der Waals surface area (Å²) < 4.78 is 5.72. The molecule has 1 amide bonds. The van der Waals surface area contributed by atoms with E-state index in [4.69, 9.17) is 4.74 Å². The van der Waals surface area contributed by atoms with Gasteiger partial charge in [-0.2, -0.15) is 0 Å². The summed E-state index contributed by atoms with van der Waals surface area (Å²) in [5.74, 6) is 0.946. The van der Waals surface area contributed by atoms with Gasteiger partial charge in [0.15, 0.2) is 0 Å². The number of nitrogens with zero attached hydrogens (tertiary/aromatic N) is 3. The maximum Gasteiger partial charge on any atom is 0.254 e. The van der Waals surface area contributed by atoms with Crippen molar-refractivity contribution >= 4 is 5.91 Å². The molecule has 0 N–H and O–H groups in total. The van der Waals surface area contributed by atoms with Crippen LogP contribution in [-0.2, 0) is 0 Å². The predicted octanol–water partition coefficient (Wildman–Crippen LogP) is 3.00. The van der Waals surface area contributed by atoms with Crippen LogP contribution in [-0.4, -0.2) is 53.5 Å². The number of hydrogen-bond acceptors (Lipinski definition) is 4. The first kappa shape index (κ1) is 17.4. The Balaban J connectivity index is 1.73. The van der Waals surface area contributed by atoms with E-state index in [1.54, 1.807) is 24.5 Å². The van der Waals surface area contributed by atoms with Gasteiger partial charge in [-0.15, -0.1) is 0 Å². The molecular weight excluding hydrogens is 314 g/mol. The zero-order valence-electron chi connectivity index (χ0n) is 15.1. The number of ether oxygens (including phenoxy) is 1. The van der Waals surface area contributed by atoms with Crippen molar-refractivity contribution in [3.8, 4) is 5.75 Å². The lowest BCUT2D eigenvalue weighted by molar-refractivity contribution is 0.0546. The van der Waals surface area contributed by atoms with Gasteiger partial charge < -0.3 is 9.64 Å². The van der Waals surface area contributed by atoms with E-state index in [1.807, 2.05) is 30.9 Å². The number of aromatic nitrogens is 1. The first-order chi connectivity index (χ1) is 12.0. The molecule has 0 bridgehead atoms. The van der Waals surface area contributed by atoms with Crippen LogP contribution in [0.15, 0.2) is 48.8 Å². The van der Waals surface area contributed by atoms with E-state index in [1.165, 1.54) is 5.56 Å². The molecule has 0 radical (unpaired) electrons. The van der Waals surface area contributed by atoms with E-state index in [0.29, 0.717) is 12.1 Å². The van der Waals surface area contributed by atoms with Crippen molar-refractivity contribution in [1.29, 1.82) is 0 Å². The summed E-state index contributed by atoms with van der Waals surface area (Å²) in [6, 6.07) is 11.9. The molecule has 1 saturated heterocycles. The van der Waals surface area contributed by atoms with Gasteiger partial charge in [-0.25, -0.2) is 0 Å². The normalized spacial score (nSPS) is 18.4. The fourth-order valence-corrected chi connectivity index (χ4v) is 3.14. The lowest BCUT2D eigenvalue weighted by atomic mass is 10.0. The molecule has 0 spiro atoms. The number of hydrogen-bond donors (Lipinski definition) is 0. The zero-order chi connectivity index (χ0) is 17.8. The summed E-state index contributed by atoms with van der Waals surface area (Å²) in [6.07, 6.45) is 3.49. The third-order valence-electron chi connectivity index (χ3n) is 4.50. The Kier molecular flexibility index (Phi) is 5.34. The van der Waals surface area contributed by atoms with Crippen LogP contribution in [0.3, 0.4) is 0 Å². The molecule has 0 aliphatic carbocycles. The first-order valence-corrected chi connectivity index (χ1v) is 8.71. The SMILES string of the molecule is CC(C)Oc1ccc([C@H]2CN(C(=O)c3ccncc3)CCN2C)cc1. The Morgan fingerprint density at radius 3 is 2.44 bits per heavy atom. The quantitative estimate of drug-likeness (QED) is 0.859. The summed E-state index contributed by atoms with van der Waals surface area (Å²) >= 11 is 0. The van der Waals surface area contributed by atoms with Gasteiger partial charge in [0, 0.05) is 37.6 Å². The second kappa shape index (κ2) is 7.66.